The number of nitrogens with zero attached hydrogens (tertiary/aromatic N) is 1. The lowest BCUT2D eigenvalue weighted by Crippen LogP contribution is -2.40. The lowest BCUT2D eigenvalue weighted by Gasteiger charge is -2.26. The Hall–Kier alpha value is -1.61. The highest BCUT2D eigenvalue weighted by Gasteiger charge is 2.17. The van der Waals surface area contributed by atoms with Crippen LogP contribution >= 0.6 is 0 Å². The number of carbonyl (C=O) groups excluding carboxylic acids is 1. The van der Waals surface area contributed by atoms with Gasteiger partial charge in [0.25, 0.3) is 5.91 Å². The summed E-state index contributed by atoms with van der Waals surface area (Å²) in [5.41, 5.74) is 1.93. The molecule has 1 aromatic rings. The van der Waals surface area contributed by atoms with Crippen molar-refractivity contribution in [1.82, 2.24) is 4.90 Å². The van der Waals surface area contributed by atoms with E-state index in [4.69, 9.17) is 4.74 Å². The van der Waals surface area contributed by atoms with Crippen molar-refractivity contribution in [2.45, 2.75) is 6.42 Å². The number of benzene rings is 1. The van der Waals surface area contributed by atoms with Crippen LogP contribution in [0.15, 0.2) is 36.9 Å². The third-order valence-corrected chi connectivity index (χ3v) is 2.88. The van der Waals surface area contributed by atoms with Gasteiger partial charge in [-0.15, -0.1) is 6.58 Å². The van der Waals surface area contributed by atoms with E-state index >= 15 is 0 Å². The van der Waals surface area contributed by atoms with Crippen LogP contribution in [0.1, 0.15) is 15.9 Å². The monoisotopic (exact) mass is 231 g/mol. The molecular weight excluding hydrogens is 214 g/mol. The number of rotatable bonds is 3. The van der Waals surface area contributed by atoms with Crippen LogP contribution in [0.3, 0.4) is 0 Å². The quantitative estimate of drug-likeness (QED) is 0.743. The van der Waals surface area contributed by atoms with Crippen LogP contribution < -0.4 is 0 Å². The normalized spacial score (nSPS) is 15.6. The number of hydrogen-bond acceptors (Lipinski definition) is 2. The molecule has 1 fully saturated rings. The standard InChI is InChI=1S/C14H17NO2/c1-2-3-12-4-6-13(7-5-12)14(16)15-8-10-17-11-9-15/h2,4-7H,1,3,8-11H2. The van der Waals surface area contributed by atoms with Gasteiger partial charge in [-0.25, -0.2) is 0 Å². The number of morpholine rings is 1. The summed E-state index contributed by atoms with van der Waals surface area (Å²) in [5, 5.41) is 0. The highest BCUT2D eigenvalue weighted by Crippen LogP contribution is 2.10. The third-order valence-electron chi connectivity index (χ3n) is 2.88. The van der Waals surface area contributed by atoms with Crippen molar-refractivity contribution in [1.29, 1.82) is 0 Å². The van der Waals surface area contributed by atoms with E-state index < -0.39 is 0 Å². The Bertz CT molecular complexity index is 391. The zero-order valence-corrected chi connectivity index (χ0v) is 9.89. The number of hydrogen-bond donors (Lipinski definition) is 0. The van der Waals surface area contributed by atoms with Crippen LogP contribution in [-0.4, -0.2) is 37.1 Å². The van der Waals surface area contributed by atoms with E-state index in [1.807, 2.05) is 35.2 Å². The molecular formula is C14H17NO2. The molecule has 2 rings (SSSR count). The second-order valence-corrected chi connectivity index (χ2v) is 4.09. The van der Waals surface area contributed by atoms with Gasteiger partial charge in [0.15, 0.2) is 0 Å². The molecule has 90 valence electrons. The Labute approximate surface area is 102 Å². The number of allylic oxidation sites excluding steroid dienone is 1. The molecule has 3 nitrogen and oxygen atoms in total. The summed E-state index contributed by atoms with van der Waals surface area (Å²) in [6, 6.07) is 7.73. The van der Waals surface area contributed by atoms with Crippen molar-refractivity contribution >= 4 is 5.91 Å². The van der Waals surface area contributed by atoms with Crippen LogP contribution in [0, 0.1) is 0 Å². The maximum atomic E-state index is 12.1. The average molecular weight is 231 g/mol. The van der Waals surface area contributed by atoms with Gasteiger partial charge in [-0.05, 0) is 24.1 Å². The summed E-state index contributed by atoms with van der Waals surface area (Å²) in [4.78, 5) is 14.0. The van der Waals surface area contributed by atoms with E-state index in [2.05, 4.69) is 6.58 Å². The Morgan fingerprint density at radius 2 is 1.94 bits per heavy atom. The molecule has 0 unspecified atom stereocenters. The number of carbonyl (C=O) groups is 1. The molecule has 3 heteroatoms. The molecule has 0 saturated carbocycles. The minimum Gasteiger partial charge on any atom is -0.378 e. The third kappa shape index (κ3) is 2.94. The molecule has 1 aliphatic rings. The van der Waals surface area contributed by atoms with Gasteiger partial charge < -0.3 is 9.64 Å². The molecule has 17 heavy (non-hydrogen) atoms. The molecule has 1 aliphatic heterocycles. The van der Waals surface area contributed by atoms with Gasteiger partial charge in [-0.1, -0.05) is 18.2 Å². The highest BCUT2D eigenvalue weighted by atomic mass is 16.5. The first-order valence-electron chi connectivity index (χ1n) is 5.88. The van der Waals surface area contributed by atoms with E-state index in [1.165, 1.54) is 5.56 Å². The zero-order valence-electron chi connectivity index (χ0n) is 9.89. The van der Waals surface area contributed by atoms with Gasteiger partial charge in [-0.3, -0.25) is 4.79 Å². The summed E-state index contributed by atoms with van der Waals surface area (Å²) in [5.74, 6) is 0.0958. The molecule has 0 radical (unpaired) electrons. The van der Waals surface area contributed by atoms with Crippen molar-refractivity contribution in [3.63, 3.8) is 0 Å². The van der Waals surface area contributed by atoms with Crippen LogP contribution in [0.5, 0.6) is 0 Å². The molecule has 0 atom stereocenters. The lowest BCUT2D eigenvalue weighted by molar-refractivity contribution is 0.0303. The fraction of sp³-hybridized carbons (Fsp3) is 0.357. The molecule has 1 heterocycles. The molecule has 0 bridgehead atoms. The van der Waals surface area contributed by atoms with Crippen LogP contribution in [0.4, 0.5) is 0 Å². The van der Waals surface area contributed by atoms with Crippen LogP contribution in [0.2, 0.25) is 0 Å². The van der Waals surface area contributed by atoms with Crippen LogP contribution in [0.25, 0.3) is 0 Å². The first-order valence-corrected chi connectivity index (χ1v) is 5.88. The van der Waals surface area contributed by atoms with Gasteiger partial charge in [0.1, 0.15) is 0 Å². The Kier molecular flexibility index (Phi) is 3.94. The molecule has 1 saturated heterocycles. The van der Waals surface area contributed by atoms with Crippen molar-refractivity contribution in [2.24, 2.45) is 0 Å². The predicted octanol–water partition coefficient (Wildman–Crippen LogP) is 1.89. The largest absolute Gasteiger partial charge is 0.378 e. The smallest absolute Gasteiger partial charge is 0.254 e. The summed E-state index contributed by atoms with van der Waals surface area (Å²) < 4.78 is 5.23. The van der Waals surface area contributed by atoms with Crippen LogP contribution in [-0.2, 0) is 11.2 Å². The molecule has 0 aliphatic carbocycles. The van der Waals surface area contributed by atoms with Crippen molar-refractivity contribution in [3.05, 3.63) is 48.0 Å². The lowest BCUT2D eigenvalue weighted by atomic mass is 10.1. The molecule has 1 amide bonds. The Morgan fingerprint density at radius 3 is 2.53 bits per heavy atom. The minimum absolute atomic E-state index is 0.0958. The topological polar surface area (TPSA) is 29.5 Å². The number of amides is 1. The molecule has 0 aromatic heterocycles. The zero-order chi connectivity index (χ0) is 12.1. The fourth-order valence-electron chi connectivity index (χ4n) is 1.90. The maximum absolute atomic E-state index is 12.1. The summed E-state index contributed by atoms with van der Waals surface area (Å²) in [7, 11) is 0. The van der Waals surface area contributed by atoms with E-state index in [0.717, 1.165) is 12.0 Å². The summed E-state index contributed by atoms with van der Waals surface area (Å²) in [6.45, 7) is 6.35. The second-order valence-electron chi connectivity index (χ2n) is 4.09. The molecule has 0 spiro atoms. The van der Waals surface area contributed by atoms with Crippen molar-refractivity contribution in [2.75, 3.05) is 26.3 Å². The number of ether oxygens (including phenoxy) is 1. The van der Waals surface area contributed by atoms with Gasteiger partial charge in [0.05, 0.1) is 13.2 Å². The first-order chi connectivity index (χ1) is 8.31. The summed E-state index contributed by atoms with van der Waals surface area (Å²) >= 11 is 0. The van der Waals surface area contributed by atoms with Gasteiger partial charge in [0, 0.05) is 18.7 Å². The molecule has 1 aromatic carbocycles. The molecule has 0 N–H and O–H groups in total. The van der Waals surface area contributed by atoms with Crippen molar-refractivity contribution < 1.29 is 9.53 Å². The van der Waals surface area contributed by atoms with Gasteiger partial charge >= 0.3 is 0 Å². The second kappa shape index (κ2) is 5.64. The maximum Gasteiger partial charge on any atom is 0.254 e. The minimum atomic E-state index is 0.0958. The SMILES string of the molecule is C=CCc1ccc(C(=O)N2CCOCC2)cc1. The van der Waals surface area contributed by atoms with Gasteiger partial charge in [-0.2, -0.15) is 0 Å². The van der Waals surface area contributed by atoms with E-state index in [1.54, 1.807) is 0 Å². The van der Waals surface area contributed by atoms with E-state index in [9.17, 15) is 4.79 Å². The Morgan fingerprint density at radius 1 is 1.29 bits per heavy atom. The van der Waals surface area contributed by atoms with Crippen molar-refractivity contribution in [3.8, 4) is 0 Å². The van der Waals surface area contributed by atoms with E-state index in [0.29, 0.717) is 26.3 Å². The average Bonchev–Trinajstić information content (AvgIpc) is 2.40. The van der Waals surface area contributed by atoms with Gasteiger partial charge in [0.2, 0.25) is 0 Å². The first kappa shape index (κ1) is 11.9. The summed E-state index contributed by atoms with van der Waals surface area (Å²) in [6.07, 6.45) is 2.70. The fourth-order valence-corrected chi connectivity index (χ4v) is 1.90. The highest BCUT2D eigenvalue weighted by molar-refractivity contribution is 5.94. The Balaban J connectivity index is 2.05. The van der Waals surface area contributed by atoms with E-state index in [-0.39, 0.29) is 5.91 Å². The predicted molar refractivity (Wildman–Crippen MR) is 67.1 cm³/mol.